The monoisotopic (exact) mass is 487 g/mol. The molecule has 1 aliphatic heterocycles. The average Bonchev–Trinajstić information content (AvgIpc) is 3.21. The summed E-state index contributed by atoms with van der Waals surface area (Å²) in [6, 6.07) is 14.7. The Morgan fingerprint density at radius 2 is 1.85 bits per heavy atom. The van der Waals surface area contributed by atoms with E-state index in [0.717, 1.165) is 48.3 Å². The summed E-state index contributed by atoms with van der Waals surface area (Å²) in [6.45, 7) is 5.77. The van der Waals surface area contributed by atoms with Gasteiger partial charge in [-0.25, -0.2) is 4.98 Å². The van der Waals surface area contributed by atoms with E-state index in [-0.39, 0.29) is 5.91 Å². The predicted octanol–water partition coefficient (Wildman–Crippen LogP) is 3.63. The lowest BCUT2D eigenvalue weighted by atomic mass is 10.0. The molecule has 1 fully saturated rings. The van der Waals surface area contributed by atoms with E-state index in [1.54, 1.807) is 0 Å². The number of aromatic nitrogens is 2. The topological polar surface area (TPSA) is 119 Å². The lowest BCUT2D eigenvalue weighted by molar-refractivity contribution is 0.0708. The molecule has 1 aliphatic rings. The number of carbonyl (C=O) groups excluding carboxylic acids is 1. The number of carbonyl (C=O) groups is 1. The molecule has 34 heavy (non-hydrogen) atoms. The van der Waals surface area contributed by atoms with Gasteiger partial charge < -0.3 is 20.1 Å². The van der Waals surface area contributed by atoms with E-state index in [1.165, 1.54) is 0 Å². The van der Waals surface area contributed by atoms with Gasteiger partial charge in [0, 0.05) is 49.3 Å². The first-order chi connectivity index (χ1) is 16.0. The van der Waals surface area contributed by atoms with Crippen molar-refractivity contribution < 1.29 is 17.8 Å². The predicted molar refractivity (Wildman–Crippen MR) is 136 cm³/mol. The highest BCUT2D eigenvalue weighted by molar-refractivity contribution is 7.85. The Bertz CT molecular complexity index is 1180. The van der Waals surface area contributed by atoms with Gasteiger partial charge in [0.25, 0.3) is 16.0 Å². The van der Waals surface area contributed by atoms with Crippen LogP contribution in [0.1, 0.15) is 37.2 Å². The number of nitrogens with zero attached hydrogens (tertiary/aromatic N) is 3. The Kier molecular flexibility index (Phi) is 8.16. The van der Waals surface area contributed by atoms with Gasteiger partial charge in [0.15, 0.2) is 5.82 Å². The van der Waals surface area contributed by atoms with E-state index >= 15 is 0 Å². The average molecular weight is 488 g/mol. The third kappa shape index (κ3) is 6.94. The van der Waals surface area contributed by atoms with Crippen molar-refractivity contribution in [1.29, 1.82) is 0 Å². The smallest absolute Gasteiger partial charge is 0.270 e. The summed E-state index contributed by atoms with van der Waals surface area (Å²) in [6.07, 6.45) is 4.42. The van der Waals surface area contributed by atoms with E-state index < -0.39 is 10.1 Å². The van der Waals surface area contributed by atoms with Gasteiger partial charge in [-0.2, -0.15) is 8.42 Å². The summed E-state index contributed by atoms with van der Waals surface area (Å²) in [4.78, 5) is 25.0. The van der Waals surface area contributed by atoms with Crippen molar-refractivity contribution in [3.8, 4) is 0 Å². The van der Waals surface area contributed by atoms with E-state index in [1.807, 2.05) is 47.5 Å². The Hall–Kier alpha value is -3.11. The zero-order valence-corrected chi connectivity index (χ0v) is 20.8. The second kappa shape index (κ2) is 10.9. The van der Waals surface area contributed by atoms with Crippen LogP contribution in [-0.4, -0.2) is 72.2 Å². The van der Waals surface area contributed by atoms with Gasteiger partial charge >= 0.3 is 0 Å². The fourth-order valence-electron chi connectivity index (χ4n) is 4.09. The van der Waals surface area contributed by atoms with Crippen molar-refractivity contribution in [2.75, 3.05) is 36.6 Å². The molecule has 0 unspecified atom stereocenters. The lowest BCUT2D eigenvalue weighted by Gasteiger charge is -2.37. The largest absolute Gasteiger partial charge is 0.380 e. The number of hydrogen-bond donors (Lipinski definition) is 3. The van der Waals surface area contributed by atoms with E-state index in [2.05, 4.69) is 47.1 Å². The van der Waals surface area contributed by atoms with Crippen molar-refractivity contribution in [3.63, 3.8) is 0 Å². The highest BCUT2D eigenvalue weighted by Gasteiger charge is 2.28. The maximum atomic E-state index is 12.9. The van der Waals surface area contributed by atoms with Gasteiger partial charge in [-0.15, -0.1) is 0 Å². The molecule has 4 rings (SSSR count). The van der Waals surface area contributed by atoms with Gasteiger partial charge in [-0.05, 0) is 51.0 Å². The second-order valence-corrected chi connectivity index (χ2v) is 10.3. The zero-order chi connectivity index (χ0) is 24.9. The summed E-state index contributed by atoms with van der Waals surface area (Å²) >= 11 is 0. The quantitative estimate of drug-likeness (QED) is 0.470. The minimum Gasteiger partial charge on any atom is -0.380 e. The first-order valence-electron chi connectivity index (χ1n) is 11.3. The van der Waals surface area contributed by atoms with Gasteiger partial charge in [0.1, 0.15) is 5.69 Å². The molecule has 3 heterocycles. The molecule has 0 aliphatic carbocycles. The minimum absolute atomic E-state index is 0.0855. The standard InChI is InChI=1S/C23H29N5O.CH4O3S/c1-16(2)25-20-9-6-12-24-22(20)27(3)18-10-13-28(14-11-18)23(29)21-15-17-7-4-5-8-19(17)26-21;1-5(2,3)4/h4-9,12,15-16,18,25-26H,10-11,13-14H2,1-3H3;1H3,(H,2,3,4). The number of para-hydroxylation sites is 1. The van der Waals surface area contributed by atoms with Gasteiger partial charge in [0.05, 0.1) is 11.9 Å². The molecular formula is C24H33N5O4S. The third-order valence-corrected chi connectivity index (χ3v) is 5.62. The summed E-state index contributed by atoms with van der Waals surface area (Å²) in [5, 5.41) is 4.56. The Morgan fingerprint density at radius 3 is 2.47 bits per heavy atom. The number of amides is 1. The number of piperidine rings is 1. The molecule has 3 N–H and O–H groups in total. The molecule has 0 saturated carbocycles. The van der Waals surface area contributed by atoms with Crippen LogP contribution in [0.4, 0.5) is 11.5 Å². The number of H-pyrrole nitrogens is 1. The summed E-state index contributed by atoms with van der Waals surface area (Å²) in [5.74, 6) is 1.06. The van der Waals surface area contributed by atoms with Crippen molar-refractivity contribution in [3.05, 3.63) is 54.4 Å². The molecule has 2 aromatic heterocycles. The molecule has 0 radical (unpaired) electrons. The molecule has 9 nitrogen and oxygen atoms in total. The molecule has 0 spiro atoms. The minimum atomic E-state index is -3.67. The van der Waals surface area contributed by atoms with E-state index in [9.17, 15) is 13.2 Å². The number of aromatic amines is 1. The van der Waals surface area contributed by atoms with Crippen LogP contribution in [0.25, 0.3) is 10.9 Å². The Labute approximate surface area is 200 Å². The molecule has 0 bridgehead atoms. The number of anilines is 2. The molecule has 1 saturated heterocycles. The third-order valence-electron chi connectivity index (χ3n) is 5.62. The molecule has 10 heteroatoms. The van der Waals surface area contributed by atoms with Gasteiger partial charge in [0.2, 0.25) is 0 Å². The zero-order valence-electron chi connectivity index (χ0n) is 20.0. The number of pyridine rings is 1. The maximum Gasteiger partial charge on any atom is 0.270 e. The molecule has 3 aromatic rings. The van der Waals surface area contributed by atoms with Crippen LogP contribution in [0, 0.1) is 0 Å². The molecule has 184 valence electrons. The lowest BCUT2D eigenvalue weighted by Crippen LogP contribution is -2.46. The van der Waals surface area contributed by atoms with Crippen LogP contribution in [0.15, 0.2) is 48.7 Å². The highest BCUT2D eigenvalue weighted by atomic mass is 32.2. The number of benzene rings is 1. The maximum absolute atomic E-state index is 12.9. The van der Waals surface area contributed by atoms with Crippen molar-refractivity contribution in [2.45, 2.75) is 38.8 Å². The number of fused-ring (bicyclic) bond motifs is 1. The molecule has 1 aromatic carbocycles. The fourth-order valence-corrected chi connectivity index (χ4v) is 4.09. The second-order valence-electron chi connectivity index (χ2n) is 8.81. The normalized spacial score (nSPS) is 14.6. The first kappa shape index (κ1) is 25.5. The Balaban J connectivity index is 0.000000588. The van der Waals surface area contributed by atoms with E-state index in [4.69, 9.17) is 4.55 Å². The SMILES string of the molecule is CC(C)Nc1cccnc1N(C)C1CCN(C(=O)c2cc3ccccc3[nH]2)CC1.CS(=O)(=O)O. The number of likely N-dealkylation sites (tertiary alicyclic amines) is 1. The van der Waals surface area contributed by atoms with Crippen molar-refractivity contribution in [1.82, 2.24) is 14.9 Å². The molecular weight excluding hydrogens is 454 g/mol. The molecule has 1 amide bonds. The summed E-state index contributed by atoms with van der Waals surface area (Å²) in [7, 11) is -1.56. The van der Waals surface area contributed by atoms with Crippen LogP contribution >= 0.6 is 0 Å². The van der Waals surface area contributed by atoms with E-state index in [0.29, 0.717) is 24.0 Å². The van der Waals surface area contributed by atoms with Crippen LogP contribution in [0.5, 0.6) is 0 Å². The van der Waals surface area contributed by atoms with Crippen LogP contribution < -0.4 is 10.2 Å². The highest BCUT2D eigenvalue weighted by Crippen LogP contribution is 2.28. The van der Waals surface area contributed by atoms with Crippen LogP contribution in [0.3, 0.4) is 0 Å². The van der Waals surface area contributed by atoms with Crippen LogP contribution in [-0.2, 0) is 10.1 Å². The summed E-state index contributed by atoms with van der Waals surface area (Å²) < 4.78 is 25.9. The van der Waals surface area contributed by atoms with Crippen molar-refractivity contribution >= 4 is 38.4 Å². The number of nitrogens with one attached hydrogen (secondary N) is 2. The fraction of sp³-hybridized carbons (Fsp3) is 0.417. The summed E-state index contributed by atoms with van der Waals surface area (Å²) in [5.41, 5.74) is 2.73. The number of hydrogen-bond acceptors (Lipinski definition) is 6. The van der Waals surface area contributed by atoms with Gasteiger partial charge in [-0.1, -0.05) is 18.2 Å². The Morgan fingerprint density at radius 1 is 1.21 bits per heavy atom. The van der Waals surface area contributed by atoms with Crippen LogP contribution in [0.2, 0.25) is 0 Å². The van der Waals surface area contributed by atoms with Gasteiger partial charge in [-0.3, -0.25) is 9.35 Å². The first-order valence-corrected chi connectivity index (χ1v) is 13.1. The van der Waals surface area contributed by atoms with Crippen molar-refractivity contribution in [2.24, 2.45) is 0 Å². The molecule has 0 atom stereocenters. The number of rotatable bonds is 5.